The summed E-state index contributed by atoms with van der Waals surface area (Å²) in [5, 5.41) is 0.434. The molecule has 1 unspecified atom stereocenters. The van der Waals surface area contributed by atoms with E-state index in [9.17, 15) is 4.39 Å². The summed E-state index contributed by atoms with van der Waals surface area (Å²) < 4.78 is 14.1. The molecule has 0 spiro atoms. The molecule has 1 aromatic rings. The van der Waals surface area contributed by atoms with Crippen LogP contribution in [0.15, 0.2) is 18.2 Å². The van der Waals surface area contributed by atoms with Crippen molar-refractivity contribution in [1.29, 1.82) is 0 Å². The molecule has 1 fully saturated rings. The van der Waals surface area contributed by atoms with E-state index < -0.39 is 0 Å². The lowest BCUT2D eigenvalue weighted by molar-refractivity contribution is 0.129. The molecule has 2 nitrogen and oxygen atoms in total. The van der Waals surface area contributed by atoms with Gasteiger partial charge in [-0.3, -0.25) is 4.90 Å². The zero-order chi connectivity index (χ0) is 14.5. The SMILES string of the molecule is CCCC1CCN(C(CN)c2ccc(Cl)cc2F)CC1. The van der Waals surface area contributed by atoms with Crippen molar-refractivity contribution in [2.24, 2.45) is 11.7 Å². The molecule has 112 valence electrons. The van der Waals surface area contributed by atoms with Gasteiger partial charge in [-0.15, -0.1) is 0 Å². The highest BCUT2D eigenvalue weighted by Gasteiger charge is 2.26. The Balaban J connectivity index is 2.05. The molecule has 1 aliphatic heterocycles. The first-order chi connectivity index (χ1) is 9.65. The van der Waals surface area contributed by atoms with Crippen LogP contribution >= 0.6 is 11.6 Å². The maximum atomic E-state index is 14.1. The Morgan fingerprint density at radius 3 is 2.65 bits per heavy atom. The third-order valence-electron chi connectivity index (χ3n) is 4.33. The molecule has 0 radical (unpaired) electrons. The molecule has 1 heterocycles. The van der Waals surface area contributed by atoms with Crippen LogP contribution in [0, 0.1) is 11.7 Å². The van der Waals surface area contributed by atoms with Crippen molar-refractivity contribution in [1.82, 2.24) is 4.90 Å². The van der Waals surface area contributed by atoms with Crippen LogP contribution in [0.3, 0.4) is 0 Å². The van der Waals surface area contributed by atoms with Crippen LogP contribution in [-0.4, -0.2) is 24.5 Å². The van der Waals surface area contributed by atoms with Crippen LogP contribution in [0.25, 0.3) is 0 Å². The molecule has 0 aliphatic carbocycles. The third-order valence-corrected chi connectivity index (χ3v) is 4.57. The predicted molar refractivity (Wildman–Crippen MR) is 82.4 cm³/mol. The molecule has 0 amide bonds. The van der Waals surface area contributed by atoms with Crippen molar-refractivity contribution in [3.8, 4) is 0 Å². The van der Waals surface area contributed by atoms with E-state index in [4.69, 9.17) is 17.3 Å². The van der Waals surface area contributed by atoms with Crippen molar-refractivity contribution in [3.63, 3.8) is 0 Å². The van der Waals surface area contributed by atoms with Crippen LogP contribution < -0.4 is 5.73 Å². The maximum Gasteiger partial charge on any atom is 0.129 e. The third kappa shape index (κ3) is 3.72. The van der Waals surface area contributed by atoms with Gasteiger partial charge >= 0.3 is 0 Å². The molecule has 0 saturated carbocycles. The molecule has 1 aliphatic rings. The van der Waals surface area contributed by atoms with Gasteiger partial charge in [0.25, 0.3) is 0 Å². The number of piperidine rings is 1. The molecule has 0 aromatic heterocycles. The quantitative estimate of drug-likeness (QED) is 0.890. The van der Waals surface area contributed by atoms with E-state index in [1.165, 1.54) is 31.7 Å². The minimum absolute atomic E-state index is 0.0326. The summed E-state index contributed by atoms with van der Waals surface area (Å²) in [4.78, 5) is 2.32. The number of likely N-dealkylation sites (tertiary alicyclic amines) is 1. The molecule has 0 bridgehead atoms. The van der Waals surface area contributed by atoms with Gasteiger partial charge < -0.3 is 5.73 Å². The van der Waals surface area contributed by atoms with Crippen LogP contribution in [0.1, 0.15) is 44.2 Å². The average molecular weight is 299 g/mol. The average Bonchev–Trinajstić information content (AvgIpc) is 2.44. The number of rotatable bonds is 5. The minimum atomic E-state index is -0.247. The highest BCUT2D eigenvalue weighted by molar-refractivity contribution is 6.30. The van der Waals surface area contributed by atoms with Gasteiger partial charge in [-0.1, -0.05) is 37.4 Å². The van der Waals surface area contributed by atoms with Crippen LogP contribution in [0.4, 0.5) is 4.39 Å². The fourth-order valence-electron chi connectivity index (χ4n) is 3.21. The summed E-state index contributed by atoms with van der Waals surface area (Å²) in [6, 6.07) is 4.86. The molecule has 4 heteroatoms. The lowest BCUT2D eigenvalue weighted by Crippen LogP contribution is -2.40. The van der Waals surface area contributed by atoms with Crippen LogP contribution in [0.2, 0.25) is 5.02 Å². The molecule has 2 N–H and O–H groups in total. The second-order valence-corrected chi connectivity index (χ2v) is 6.12. The first kappa shape index (κ1) is 15.7. The minimum Gasteiger partial charge on any atom is -0.329 e. The van der Waals surface area contributed by atoms with Crippen molar-refractivity contribution >= 4 is 11.6 Å². The van der Waals surface area contributed by atoms with Crippen LogP contribution in [-0.2, 0) is 0 Å². The van der Waals surface area contributed by atoms with Gasteiger partial charge in [-0.2, -0.15) is 0 Å². The highest BCUT2D eigenvalue weighted by Crippen LogP contribution is 2.30. The second-order valence-electron chi connectivity index (χ2n) is 5.69. The lowest BCUT2D eigenvalue weighted by atomic mass is 9.91. The van der Waals surface area contributed by atoms with E-state index in [-0.39, 0.29) is 11.9 Å². The Kier molecular flexibility index (Phi) is 5.82. The summed E-state index contributed by atoms with van der Waals surface area (Å²) in [5.74, 6) is 0.577. The van der Waals surface area contributed by atoms with E-state index in [1.54, 1.807) is 12.1 Å². The zero-order valence-corrected chi connectivity index (χ0v) is 12.9. The molecular weight excluding hydrogens is 275 g/mol. The van der Waals surface area contributed by atoms with E-state index in [0.29, 0.717) is 17.1 Å². The first-order valence-electron chi connectivity index (χ1n) is 7.54. The number of benzene rings is 1. The van der Waals surface area contributed by atoms with E-state index in [0.717, 1.165) is 19.0 Å². The van der Waals surface area contributed by atoms with Crippen molar-refractivity contribution in [2.75, 3.05) is 19.6 Å². The van der Waals surface area contributed by atoms with Gasteiger partial charge in [0.05, 0.1) is 0 Å². The Bertz CT molecular complexity index is 430. The van der Waals surface area contributed by atoms with Crippen molar-refractivity contribution in [3.05, 3.63) is 34.6 Å². The van der Waals surface area contributed by atoms with E-state index >= 15 is 0 Å². The number of hydrogen-bond donors (Lipinski definition) is 1. The molecule has 20 heavy (non-hydrogen) atoms. The predicted octanol–water partition coefficient (Wildman–Crippen LogP) is 3.99. The molecule has 1 aromatic carbocycles. The summed E-state index contributed by atoms with van der Waals surface area (Å²) in [6.45, 7) is 4.69. The monoisotopic (exact) mass is 298 g/mol. The lowest BCUT2D eigenvalue weighted by Gasteiger charge is -2.37. The number of nitrogens with zero attached hydrogens (tertiary/aromatic N) is 1. The summed E-state index contributed by atoms with van der Waals surface area (Å²) >= 11 is 5.82. The van der Waals surface area contributed by atoms with Gasteiger partial charge in [0.1, 0.15) is 5.82 Å². The maximum absolute atomic E-state index is 14.1. The van der Waals surface area contributed by atoms with Gasteiger partial charge in [0.2, 0.25) is 0 Å². The van der Waals surface area contributed by atoms with E-state index in [2.05, 4.69) is 11.8 Å². The van der Waals surface area contributed by atoms with Crippen molar-refractivity contribution < 1.29 is 4.39 Å². The Morgan fingerprint density at radius 1 is 1.40 bits per heavy atom. The molecule has 1 atom stereocenters. The standard InChI is InChI=1S/C16H24ClFN2/c1-2-3-12-6-8-20(9-7-12)16(11-19)14-5-4-13(17)10-15(14)18/h4-5,10,12,16H,2-3,6-9,11,19H2,1H3. The summed E-state index contributed by atoms with van der Waals surface area (Å²) in [5.41, 5.74) is 6.57. The fourth-order valence-corrected chi connectivity index (χ4v) is 3.36. The molecule has 1 saturated heterocycles. The topological polar surface area (TPSA) is 29.3 Å². The second kappa shape index (κ2) is 7.39. The molecular formula is C16H24ClFN2. The Hall–Kier alpha value is -0.640. The first-order valence-corrected chi connectivity index (χ1v) is 7.92. The largest absolute Gasteiger partial charge is 0.329 e. The Morgan fingerprint density at radius 2 is 2.10 bits per heavy atom. The van der Waals surface area contributed by atoms with Gasteiger partial charge in [-0.25, -0.2) is 4.39 Å². The van der Waals surface area contributed by atoms with Gasteiger partial charge in [0, 0.05) is 23.2 Å². The summed E-state index contributed by atoms with van der Waals surface area (Å²) in [6.07, 6.45) is 4.94. The van der Waals surface area contributed by atoms with Gasteiger partial charge in [-0.05, 0) is 44.0 Å². The fraction of sp³-hybridized carbons (Fsp3) is 0.625. The van der Waals surface area contributed by atoms with E-state index in [1.807, 2.05) is 0 Å². The highest BCUT2D eigenvalue weighted by atomic mass is 35.5. The van der Waals surface area contributed by atoms with Gasteiger partial charge in [0.15, 0.2) is 0 Å². The number of halogens is 2. The Labute approximate surface area is 126 Å². The summed E-state index contributed by atoms with van der Waals surface area (Å²) in [7, 11) is 0. The van der Waals surface area contributed by atoms with Crippen molar-refractivity contribution in [2.45, 2.75) is 38.6 Å². The zero-order valence-electron chi connectivity index (χ0n) is 12.1. The number of nitrogens with two attached hydrogens (primary N) is 1. The molecule has 2 rings (SSSR count). The van der Waals surface area contributed by atoms with Crippen LogP contribution in [0.5, 0.6) is 0 Å². The normalized spacial score (nSPS) is 19.2. The number of hydrogen-bond acceptors (Lipinski definition) is 2. The smallest absolute Gasteiger partial charge is 0.129 e.